The van der Waals surface area contributed by atoms with Crippen molar-refractivity contribution in [1.82, 2.24) is 5.32 Å². The second-order valence-electron chi connectivity index (χ2n) is 5.84. The van der Waals surface area contributed by atoms with Crippen molar-refractivity contribution in [3.63, 3.8) is 0 Å². The molecule has 0 radical (unpaired) electrons. The van der Waals surface area contributed by atoms with E-state index in [2.05, 4.69) is 42.3 Å². The SMILES string of the molecule is COCCNCc1cc(C)ccc1N1CCCCC1C. The molecular weight excluding hydrogens is 248 g/mol. The summed E-state index contributed by atoms with van der Waals surface area (Å²) < 4.78 is 5.09. The first-order valence-electron chi connectivity index (χ1n) is 7.78. The van der Waals surface area contributed by atoms with Gasteiger partial charge in [-0.05, 0) is 44.7 Å². The normalized spacial score (nSPS) is 19.4. The molecule has 3 heteroatoms. The summed E-state index contributed by atoms with van der Waals surface area (Å²) in [4.78, 5) is 2.58. The minimum atomic E-state index is 0.657. The van der Waals surface area contributed by atoms with Gasteiger partial charge in [0, 0.05) is 38.5 Å². The Morgan fingerprint density at radius 1 is 1.35 bits per heavy atom. The van der Waals surface area contributed by atoms with Crippen LogP contribution in [0.1, 0.15) is 37.3 Å². The summed E-state index contributed by atoms with van der Waals surface area (Å²) in [5.74, 6) is 0. The Morgan fingerprint density at radius 3 is 2.95 bits per heavy atom. The van der Waals surface area contributed by atoms with Gasteiger partial charge in [-0.25, -0.2) is 0 Å². The fourth-order valence-electron chi connectivity index (χ4n) is 2.99. The number of ether oxygens (including phenoxy) is 1. The Kier molecular flexibility index (Phi) is 5.86. The molecule has 20 heavy (non-hydrogen) atoms. The van der Waals surface area contributed by atoms with E-state index in [0.717, 1.165) is 19.7 Å². The van der Waals surface area contributed by atoms with E-state index < -0.39 is 0 Å². The average molecular weight is 276 g/mol. The van der Waals surface area contributed by atoms with Crippen LogP contribution >= 0.6 is 0 Å². The molecule has 0 bridgehead atoms. The van der Waals surface area contributed by atoms with Crippen molar-refractivity contribution in [3.8, 4) is 0 Å². The minimum absolute atomic E-state index is 0.657. The van der Waals surface area contributed by atoms with E-state index in [1.165, 1.54) is 42.6 Å². The zero-order valence-corrected chi connectivity index (χ0v) is 13.1. The number of rotatable bonds is 6. The molecule has 1 N–H and O–H groups in total. The van der Waals surface area contributed by atoms with Gasteiger partial charge in [-0.15, -0.1) is 0 Å². The second-order valence-corrected chi connectivity index (χ2v) is 5.84. The fourth-order valence-corrected chi connectivity index (χ4v) is 2.99. The van der Waals surface area contributed by atoms with E-state index in [9.17, 15) is 0 Å². The first-order valence-corrected chi connectivity index (χ1v) is 7.78. The number of hydrogen-bond donors (Lipinski definition) is 1. The van der Waals surface area contributed by atoms with Gasteiger partial charge >= 0.3 is 0 Å². The number of nitrogens with zero attached hydrogens (tertiary/aromatic N) is 1. The summed E-state index contributed by atoms with van der Waals surface area (Å²) in [6.45, 7) is 8.29. The Morgan fingerprint density at radius 2 is 2.20 bits per heavy atom. The summed E-state index contributed by atoms with van der Waals surface area (Å²) in [7, 11) is 1.75. The van der Waals surface area contributed by atoms with Gasteiger partial charge < -0.3 is 15.0 Å². The number of hydrogen-bond acceptors (Lipinski definition) is 3. The van der Waals surface area contributed by atoms with Crippen LogP contribution in [0.4, 0.5) is 5.69 Å². The van der Waals surface area contributed by atoms with Crippen molar-refractivity contribution in [3.05, 3.63) is 29.3 Å². The summed E-state index contributed by atoms with van der Waals surface area (Å²) in [6.07, 6.45) is 3.99. The molecule has 0 aromatic heterocycles. The molecule has 1 aromatic rings. The van der Waals surface area contributed by atoms with Crippen molar-refractivity contribution >= 4 is 5.69 Å². The molecule has 3 nitrogen and oxygen atoms in total. The third-order valence-corrected chi connectivity index (χ3v) is 4.15. The van der Waals surface area contributed by atoms with Gasteiger partial charge in [-0.2, -0.15) is 0 Å². The predicted molar refractivity (Wildman–Crippen MR) is 85.4 cm³/mol. The molecule has 0 aliphatic carbocycles. The highest BCUT2D eigenvalue weighted by Gasteiger charge is 2.20. The van der Waals surface area contributed by atoms with Crippen LogP contribution in [0, 0.1) is 6.92 Å². The summed E-state index contributed by atoms with van der Waals surface area (Å²) in [5.41, 5.74) is 4.16. The van der Waals surface area contributed by atoms with Crippen molar-refractivity contribution in [2.75, 3.05) is 31.7 Å². The molecule has 0 saturated carbocycles. The lowest BCUT2D eigenvalue weighted by atomic mass is 10.00. The molecule has 1 saturated heterocycles. The maximum Gasteiger partial charge on any atom is 0.0587 e. The van der Waals surface area contributed by atoms with Crippen molar-refractivity contribution in [2.24, 2.45) is 0 Å². The van der Waals surface area contributed by atoms with Crippen LogP contribution < -0.4 is 10.2 Å². The van der Waals surface area contributed by atoms with Crippen LogP contribution in [0.3, 0.4) is 0 Å². The molecule has 1 aromatic carbocycles. The average Bonchev–Trinajstić information content (AvgIpc) is 2.45. The molecule has 0 spiro atoms. The molecule has 112 valence electrons. The Balaban J connectivity index is 2.10. The second kappa shape index (κ2) is 7.65. The minimum Gasteiger partial charge on any atom is -0.383 e. The van der Waals surface area contributed by atoms with E-state index >= 15 is 0 Å². The molecule has 1 fully saturated rings. The maximum absolute atomic E-state index is 5.09. The molecule has 1 atom stereocenters. The zero-order chi connectivity index (χ0) is 14.4. The van der Waals surface area contributed by atoms with Crippen LogP contribution in [-0.2, 0) is 11.3 Å². The number of nitrogens with one attached hydrogen (secondary N) is 1. The van der Waals surface area contributed by atoms with Gasteiger partial charge in [-0.3, -0.25) is 0 Å². The van der Waals surface area contributed by atoms with E-state index in [1.807, 2.05) is 0 Å². The quantitative estimate of drug-likeness (QED) is 0.808. The Hall–Kier alpha value is -1.06. The van der Waals surface area contributed by atoms with Gasteiger partial charge in [0.2, 0.25) is 0 Å². The topological polar surface area (TPSA) is 24.5 Å². The van der Waals surface area contributed by atoms with Crippen LogP contribution in [0.5, 0.6) is 0 Å². The molecular formula is C17H28N2O. The van der Waals surface area contributed by atoms with Gasteiger partial charge in [0.1, 0.15) is 0 Å². The lowest BCUT2D eigenvalue weighted by molar-refractivity contribution is 0.199. The van der Waals surface area contributed by atoms with E-state index in [-0.39, 0.29) is 0 Å². The third-order valence-electron chi connectivity index (χ3n) is 4.15. The number of aryl methyl sites for hydroxylation is 1. The van der Waals surface area contributed by atoms with Gasteiger partial charge in [0.25, 0.3) is 0 Å². The maximum atomic E-state index is 5.09. The van der Waals surface area contributed by atoms with E-state index in [4.69, 9.17) is 4.74 Å². The molecule has 1 unspecified atom stereocenters. The van der Waals surface area contributed by atoms with Crippen LogP contribution in [0.2, 0.25) is 0 Å². The predicted octanol–water partition coefficient (Wildman–Crippen LogP) is 3.11. The molecule has 1 aliphatic rings. The van der Waals surface area contributed by atoms with Gasteiger partial charge in [-0.1, -0.05) is 17.7 Å². The van der Waals surface area contributed by atoms with Crippen LogP contribution in [-0.4, -0.2) is 32.8 Å². The summed E-state index contributed by atoms with van der Waals surface area (Å²) in [6, 6.07) is 7.50. The first kappa shape index (κ1) is 15.3. The lowest BCUT2D eigenvalue weighted by Crippen LogP contribution is -2.38. The first-order chi connectivity index (χ1) is 9.72. The molecule has 1 heterocycles. The summed E-state index contributed by atoms with van der Waals surface area (Å²) in [5, 5.41) is 3.47. The monoisotopic (exact) mass is 276 g/mol. The van der Waals surface area contributed by atoms with E-state index in [0.29, 0.717) is 6.04 Å². The van der Waals surface area contributed by atoms with Gasteiger partial charge in [0.15, 0.2) is 0 Å². The number of benzene rings is 1. The van der Waals surface area contributed by atoms with Crippen LogP contribution in [0.25, 0.3) is 0 Å². The highest BCUT2D eigenvalue weighted by Crippen LogP contribution is 2.28. The Bertz CT molecular complexity index is 419. The zero-order valence-electron chi connectivity index (χ0n) is 13.1. The van der Waals surface area contributed by atoms with Crippen LogP contribution in [0.15, 0.2) is 18.2 Å². The fraction of sp³-hybridized carbons (Fsp3) is 0.647. The number of methoxy groups -OCH3 is 1. The van der Waals surface area contributed by atoms with E-state index in [1.54, 1.807) is 7.11 Å². The summed E-state index contributed by atoms with van der Waals surface area (Å²) >= 11 is 0. The molecule has 1 aliphatic heterocycles. The third kappa shape index (κ3) is 3.97. The van der Waals surface area contributed by atoms with Gasteiger partial charge in [0.05, 0.1) is 6.61 Å². The smallest absolute Gasteiger partial charge is 0.0587 e. The highest BCUT2D eigenvalue weighted by atomic mass is 16.5. The molecule has 0 amide bonds. The van der Waals surface area contributed by atoms with Crippen molar-refractivity contribution in [2.45, 2.75) is 45.7 Å². The Labute approximate surface area is 123 Å². The number of piperidine rings is 1. The highest BCUT2D eigenvalue weighted by molar-refractivity contribution is 5.56. The number of anilines is 1. The lowest BCUT2D eigenvalue weighted by Gasteiger charge is -2.37. The standard InChI is InChI=1S/C17H28N2O/c1-14-7-8-17(19-10-5-4-6-15(19)2)16(12-14)13-18-9-11-20-3/h7-8,12,15,18H,4-6,9-11,13H2,1-3H3. The largest absolute Gasteiger partial charge is 0.383 e. The molecule has 2 rings (SSSR count). The van der Waals surface area contributed by atoms with Crippen molar-refractivity contribution < 1.29 is 4.74 Å². The van der Waals surface area contributed by atoms with Crippen molar-refractivity contribution in [1.29, 1.82) is 0 Å².